The van der Waals surface area contributed by atoms with Gasteiger partial charge in [0.2, 0.25) is 0 Å². The minimum Gasteiger partial charge on any atom is -0.345 e. The number of nitrogens with one attached hydrogen (secondary N) is 3. The number of quaternary nitrogens is 1. The van der Waals surface area contributed by atoms with Crippen LogP contribution in [0.5, 0.6) is 0 Å². The van der Waals surface area contributed by atoms with Crippen LogP contribution in [-0.2, 0) is 22.6 Å². The van der Waals surface area contributed by atoms with Gasteiger partial charge in [-0.15, -0.1) is 11.3 Å². The van der Waals surface area contributed by atoms with Gasteiger partial charge < -0.3 is 15.5 Å². The van der Waals surface area contributed by atoms with Gasteiger partial charge in [0.05, 0.1) is 18.0 Å². The topological polar surface area (TPSA) is 62.6 Å². The highest BCUT2D eigenvalue weighted by Gasteiger charge is 2.30. The number of amides is 2. The molecule has 2 aromatic rings. The standard InChI is InChI=1S/C23H29N3O2S/c27-22(23(28)25-19-9-2-1-3-10-19)24-15-20(21-11-6-14-29-21)26-13-12-17-7-4-5-8-18(17)16-26/h4-8,11,14,19-20H,1-3,9-10,12-13,15-16H2,(H,24,27)(H,25,28)/p+1/t20-/m1/s1. The fourth-order valence-corrected chi connectivity index (χ4v) is 5.49. The van der Waals surface area contributed by atoms with Crippen molar-refractivity contribution < 1.29 is 14.5 Å². The molecule has 2 heterocycles. The van der Waals surface area contributed by atoms with Crippen molar-refractivity contribution in [2.75, 3.05) is 13.1 Å². The lowest BCUT2D eigenvalue weighted by atomic mass is 9.95. The van der Waals surface area contributed by atoms with Crippen LogP contribution in [0.2, 0.25) is 0 Å². The summed E-state index contributed by atoms with van der Waals surface area (Å²) in [4.78, 5) is 27.5. The first-order chi connectivity index (χ1) is 14.2. The van der Waals surface area contributed by atoms with E-state index in [0.29, 0.717) is 6.54 Å². The van der Waals surface area contributed by atoms with Gasteiger partial charge >= 0.3 is 11.8 Å². The molecule has 0 bridgehead atoms. The zero-order valence-electron chi connectivity index (χ0n) is 16.8. The molecule has 1 unspecified atom stereocenters. The summed E-state index contributed by atoms with van der Waals surface area (Å²) in [7, 11) is 0. The normalized spacial score (nSPS) is 20.5. The van der Waals surface area contributed by atoms with Crippen molar-refractivity contribution in [1.29, 1.82) is 0 Å². The second-order valence-electron chi connectivity index (χ2n) is 8.19. The minimum absolute atomic E-state index is 0.152. The van der Waals surface area contributed by atoms with E-state index in [4.69, 9.17) is 0 Å². The van der Waals surface area contributed by atoms with Crippen LogP contribution in [0.3, 0.4) is 0 Å². The Bertz CT molecular complexity index is 830. The van der Waals surface area contributed by atoms with Crippen LogP contribution in [0.1, 0.15) is 54.1 Å². The van der Waals surface area contributed by atoms with E-state index >= 15 is 0 Å². The molecule has 0 saturated heterocycles. The second-order valence-corrected chi connectivity index (χ2v) is 9.17. The van der Waals surface area contributed by atoms with Crippen LogP contribution in [0.15, 0.2) is 41.8 Å². The Morgan fingerprint density at radius 3 is 2.59 bits per heavy atom. The van der Waals surface area contributed by atoms with Crippen molar-refractivity contribution in [1.82, 2.24) is 10.6 Å². The molecule has 2 aliphatic rings. The molecule has 0 radical (unpaired) electrons. The van der Waals surface area contributed by atoms with Crippen molar-refractivity contribution >= 4 is 23.2 Å². The molecule has 2 atom stereocenters. The van der Waals surface area contributed by atoms with Crippen molar-refractivity contribution in [3.8, 4) is 0 Å². The number of fused-ring (bicyclic) bond motifs is 1. The Balaban J connectivity index is 1.38. The summed E-state index contributed by atoms with van der Waals surface area (Å²) in [5, 5.41) is 7.91. The van der Waals surface area contributed by atoms with Crippen molar-refractivity contribution in [2.45, 2.75) is 57.2 Å². The number of thiophene rings is 1. The number of hydrogen-bond acceptors (Lipinski definition) is 3. The molecule has 6 heteroatoms. The van der Waals surface area contributed by atoms with Crippen LogP contribution < -0.4 is 15.5 Å². The number of rotatable bonds is 5. The molecule has 2 amide bonds. The summed E-state index contributed by atoms with van der Waals surface area (Å²) in [5.41, 5.74) is 2.81. The molecular weight excluding hydrogens is 382 g/mol. The maximum Gasteiger partial charge on any atom is 0.309 e. The molecule has 0 spiro atoms. The Kier molecular flexibility index (Phi) is 6.62. The minimum atomic E-state index is -0.506. The van der Waals surface area contributed by atoms with E-state index in [1.165, 1.54) is 27.3 Å². The first kappa shape index (κ1) is 20.1. The first-order valence-corrected chi connectivity index (χ1v) is 11.6. The molecule has 5 nitrogen and oxygen atoms in total. The molecule has 29 heavy (non-hydrogen) atoms. The lowest BCUT2D eigenvalue weighted by Crippen LogP contribution is -3.12. The monoisotopic (exact) mass is 412 g/mol. The van der Waals surface area contributed by atoms with Crippen molar-refractivity contribution in [3.63, 3.8) is 0 Å². The van der Waals surface area contributed by atoms with Gasteiger partial charge in [-0.25, -0.2) is 0 Å². The molecule has 154 valence electrons. The highest BCUT2D eigenvalue weighted by Crippen LogP contribution is 2.19. The summed E-state index contributed by atoms with van der Waals surface area (Å²) in [6.07, 6.45) is 6.49. The van der Waals surface area contributed by atoms with Crippen LogP contribution in [-0.4, -0.2) is 30.9 Å². The quantitative estimate of drug-likeness (QED) is 0.658. The summed E-state index contributed by atoms with van der Waals surface area (Å²) in [5.74, 6) is -0.991. The van der Waals surface area contributed by atoms with Gasteiger partial charge in [-0.3, -0.25) is 9.59 Å². The third-order valence-corrected chi connectivity index (χ3v) is 7.23. The largest absolute Gasteiger partial charge is 0.345 e. The van der Waals surface area contributed by atoms with Gasteiger partial charge in [0.25, 0.3) is 0 Å². The van der Waals surface area contributed by atoms with Crippen molar-refractivity contribution in [2.24, 2.45) is 0 Å². The predicted molar refractivity (Wildman–Crippen MR) is 115 cm³/mol. The summed E-state index contributed by atoms with van der Waals surface area (Å²) in [6.45, 7) is 2.46. The van der Waals surface area contributed by atoms with Gasteiger partial charge in [-0.1, -0.05) is 49.6 Å². The third-order valence-electron chi connectivity index (χ3n) is 6.24. The van der Waals surface area contributed by atoms with E-state index in [0.717, 1.165) is 45.2 Å². The first-order valence-electron chi connectivity index (χ1n) is 10.7. The van der Waals surface area contributed by atoms with E-state index < -0.39 is 11.8 Å². The highest BCUT2D eigenvalue weighted by atomic mass is 32.1. The molecule has 1 fully saturated rings. The van der Waals surface area contributed by atoms with Gasteiger partial charge in [0, 0.05) is 18.0 Å². The predicted octanol–water partition coefficient (Wildman–Crippen LogP) is 2.00. The number of hydrogen-bond donors (Lipinski definition) is 3. The van der Waals surface area contributed by atoms with E-state index in [9.17, 15) is 9.59 Å². The zero-order chi connectivity index (χ0) is 20.1. The molecule has 1 aromatic heterocycles. The SMILES string of the molecule is O=C(NC[C@H](c1cccs1)[NH+]1CCc2ccccc2C1)C(=O)NC1CCCCC1. The second kappa shape index (κ2) is 9.55. The Morgan fingerprint density at radius 2 is 1.83 bits per heavy atom. The fraction of sp³-hybridized carbons (Fsp3) is 0.478. The van der Waals surface area contributed by atoms with E-state index in [1.54, 1.807) is 11.3 Å². The van der Waals surface area contributed by atoms with E-state index in [2.05, 4.69) is 52.4 Å². The van der Waals surface area contributed by atoms with Crippen LogP contribution in [0.4, 0.5) is 0 Å². The Labute approximate surface area is 176 Å². The maximum absolute atomic E-state index is 12.4. The molecule has 4 rings (SSSR count). The number of carbonyl (C=O) groups excluding carboxylic acids is 2. The smallest absolute Gasteiger partial charge is 0.309 e. The third kappa shape index (κ3) is 5.06. The van der Waals surface area contributed by atoms with Gasteiger partial charge in [0.1, 0.15) is 12.6 Å². The summed E-state index contributed by atoms with van der Waals surface area (Å²) >= 11 is 1.72. The molecule has 1 aliphatic carbocycles. The zero-order valence-corrected chi connectivity index (χ0v) is 17.6. The Morgan fingerprint density at radius 1 is 1.03 bits per heavy atom. The van der Waals surface area contributed by atoms with E-state index in [1.807, 2.05) is 0 Å². The van der Waals surface area contributed by atoms with Crippen LogP contribution in [0, 0.1) is 0 Å². The number of carbonyl (C=O) groups is 2. The molecule has 3 N–H and O–H groups in total. The molecular formula is C23H30N3O2S+. The molecule has 1 aromatic carbocycles. The summed E-state index contributed by atoms with van der Waals surface area (Å²) < 4.78 is 0. The lowest BCUT2D eigenvalue weighted by Gasteiger charge is -2.32. The molecule has 1 saturated carbocycles. The maximum atomic E-state index is 12.4. The average molecular weight is 413 g/mol. The average Bonchev–Trinajstić information content (AvgIpc) is 3.29. The number of benzene rings is 1. The van der Waals surface area contributed by atoms with E-state index in [-0.39, 0.29) is 12.1 Å². The van der Waals surface area contributed by atoms with Crippen LogP contribution in [0.25, 0.3) is 0 Å². The summed E-state index contributed by atoms with van der Waals surface area (Å²) in [6, 6.07) is 13.1. The highest BCUT2D eigenvalue weighted by molar-refractivity contribution is 7.10. The lowest BCUT2D eigenvalue weighted by molar-refractivity contribution is -0.945. The molecule has 1 aliphatic heterocycles. The van der Waals surface area contributed by atoms with Gasteiger partial charge in [-0.05, 0) is 29.9 Å². The van der Waals surface area contributed by atoms with Gasteiger partial charge in [-0.2, -0.15) is 0 Å². The Hall–Kier alpha value is -2.18. The fourth-order valence-electron chi connectivity index (χ4n) is 4.61. The van der Waals surface area contributed by atoms with Crippen LogP contribution >= 0.6 is 11.3 Å². The van der Waals surface area contributed by atoms with Gasteiger partial charge in [0.15, 0.2) is 0 Å². The van der Waals surface area contributed by atoms with Crippen molar-refractivity contribution in [3.05, 3.63) is 57.8 Å².